The predicted molar refractivity (Wildman–Crippen MR) is 131 cm³/mol. The van der Waals surface area contributed by atoms with Crippen molar-refractivity contribution >= 4 is 53.4 Å². The molecule has 0 saturated carbocycles. The van der Waals surface area contributed by atoms with Gasteiger partial charge in [-0.3, -0.25) is 4.55 Å². The fourth-order valence-corrected chi connectivity index (χ4v) is 4.51. The normalized spacial score (nSPS) is 18.1. The van der Waals surface area contributed by atoms with Crippen molar-refractivity contribution in [3.63, 3.8) is 0 Å². The average Bonchev–Trinajstić information content (AvgIpc) is 2.72. The molecule has 32 heavy (non-hydrogen) atoms. The van der Waals surface area contributed by atoms with Gasteiger partial charge in [0.2, 0.25) is 0 Å². The van der Waals surface area contributed by atoms with Crippen molar-refractivity contribution in [2.45, 2.75) is 44.2 Å². The molecule has 1 fully saturated rings. The van der Waals surface area contributed by atoms with Crippen LogP contribution in [0.5, 0.6) is 0 Å². The number of rotatable bonds is 11. The highest BCUT2D eigenvalue weighted by atomic mass is 32.2. The Morgan fingerprint density at radius 3 is 1.72 bits per heavy atom. The van der Waals surface area contributed by atoms with Crippen LogP contribution in [0.1, 0.15) is 56.3 Å². The fourth-order valence-electron chi connectivity index (χ4n) is 4.22. The maximum atomic E-state index is 13.3. The molecule has 1 heterocycles. The van der Waals surface area contributed by atoms with E-state index in [4.69, 9.17) is 18.8 Å². The van der Waals surface area contributed by atoms with Gasteiger partial charge < -0.3 is 14.2 Å². The van der Waals surface area contributed by atoms with Crippen molar-refractivity contribution in [2.75, 3.05) is 25.6 Å². The van der Waals surface area contributed by atoms with Crippen LogP contribution in [0.2, 0.25) is 0 Å². The molecule has 1 saturated heterocycles. The van der Waals surface area contributed by atoms with Crippen molar-refractivity contribution < 1.29 is 36.8 Å². The quantitative estimate of drug-likeness (QED) is 0.220. The highest BCUT2D eigenvalue weighted by Crippen LogP contribution is 2.32. The molecule has 0 radical (unpaired) electrons. The Hall–Kier alpha value is -1.71. The van der Waals surface area contributed by atoms with Crippen LogP contribution in [0, 0.1) is 0 Å². The standard InChI is InChI=1S/C19H30B4O8S/c1-19(2-3-31-19)10-30-18(25)16-14(9-23)12(7-21)11(6-20)13(8-22)15(16)17(24)29-4-5-32(26,27)28/h2-10,20-23H2,1H3,(H,26,27,28). The number of ether oxygens (including phenoxy) is 3. The van der Waals surface area contributed by atoms with Crippen LogP contribution < -0.4 is 0 Å². The molecule has 1 unspecified atom stereocenters. The van der Waals surface area contributed by atoms with Gasteiger partial charge >= 0.3 is 11.9 Å². The molecule has 13 heteroatoms. The summed E-state index contributed by atoms with van der Waals surface area (Å²) in [7, 11) is 3.53. The van der Waals surface area contributed by atoms with Gasteiger partial charge in [-0.1, -0.05) is 25.3 Å². The van der Waals surface area contributed by atoms with Gasteiger partial charge in [0.25, 0.3) is 10.1 Å². The lowest BCUT2D eigenvalue weighted by atomic mass is 9.72. The van der Waals surface area contributed by atoms with Crippen molar-refractivity contribution in [2.24, 2.45) is 0 Å². The summed E-state index contributed by atoms with van der Waals surface area (Å²) in [6.07, 6.45) is 3.15. The molecule has 1 atom stereocenters. The molecule has 0 aromatic heterocycles. The first-order valence-corrected chi connectivity index (χ1v) is 12.8. The van der Waals surface area contributed by atoms with Crippen LogP contribution in [-0.4, -0.2) is 87.5 Å². The molecule has 1 aliphatic rings. The van der Waals surface area contributed by atoms with Gasteiger partial charge in [-0.25, -0.2) is 9.59 Å². The molecule has 0 aliphatic carbocycles. The van der Waals surface area contributed by atoms with Crippen molar-refractivity contribution in [1.29, 1.82) is 0 Å². The molecule has 1 aliphatic heterocycles. The van der Waals surface area contributed by atoms with E-state index in [0.29, 0.717) is 37.5 Å². The van der Waals surface area contributed by atoms with E-state index in [-0.39, 0.29) is 17.7 Å². The first-order chi connectivity index (χ1) is 15.0. The Kier molecular flexibility index (Phi) is 9.07. The summed E-state index contributed by atoms with van der Waals surface area (Å²) in [6.45, 7) is 2.04. The molecule has 1 aromatic carbocycles. The molecule has 1 N–H and O–H groups in total. The second-order valence-corrected chi connectivity index (χ2v) is 9.70. The van der Waals surface area contributed by atoms with Crippen LogP contribution >= 0.6 is 0 Å². The van der Waals surface area contributed by atoms with Crippen LogP contribution in [-0.2, 0) is 49.6 Å². The van der Waals surface area contributed by atoms with Gasteiger partial charge in [-0.15, -0.1) is 0 Å². The lowest BCUT2D eigenvalue weighted by molar-refractivity contribution is -0.158. The second kappa shape index (κ2) is 10.9. The number of esters is 2. The fraction of sp³-hybridized carbons (Fsp3) is 0.579. The van der Waals surface area contributed by atoms with E-state index in [0.717, 1.165) is 23.1 Å². The van der Waals surface area contributed by atoms with E-state index in [1.54, 1.807) is 0 Å². The highest BCUT2D eigenvalue weighted by Gasteiger charge is 2.36. The van der Waals surface area contributed by atoms with Crippen LogP contribution in [0.3, 0.4) is 0 Å². The van der Waals surface area contributed by atoms with Crippen molar-refractivity contribution in [3.05, 3.63) is 33.4 Å². The number of carbonyl (C=O) groups is 2. The van der Waals surface area contributed by atoms with E-state index < -0.39 is 40.0 Å². The maximum absolute atomic E-state index is 13.3. The Labute approximate surface area is 193 Å². The Morgan fingerprint density at radius 1 is 0.938 bits per heavy atom. The van der Waals surface area contributed by atoms with E-state index in [1.807, 2.05) is 38.3 Å². The average molecular weight is 462 g/mol. The van der Waals surface area contributed by atoms with E-state index in [9.17, 15) is 18.0 Å². The minimum absolute atomic E-state index is 0.0741. The lowest BCUT2D eigenvalue weighted by Crippen LogP contribution is -2.45. The Morgan fingerprint density at radius 2 is 1.38 bits per heavy atom. The van der Waals surface area contributed by atoms with Gasteiger partial charge in [0.15, 0.2) is 0 Å². The topological polar surface area (TPSA) is 116 Å². The summed E-state index contributed by atoms with van der Waals surface area (Å²) < 4.78 is 47.3. The predicted octanol–water partition coefficient (Wildman–Crippen LogP) is -2.40. The van der Waals surface area contributed by atoms with Crippen LogP contribution in [0.25, 0.3) is 0 Å². The monoisotopic (exact) mass is 462 g/mol. The molecule has 2 rings (SSSR count). The summed E-state index contributed by atoms with van der Waals surface area (Å²) in [4.78, 5) is 26.4. The third-order valence-corrected chi connectivity index (χ3v) is 6.62. The minimum atomic E-state index is -4.28. The SMILES string of the molecule is BCc1c(CB)c(CB)c(C(=O)OCC2(C)CCO2)c(C(=O)OCCS(=O)(=O)O)c1CB. The van der Waals surface area contributed by atoms with Crippen molar-refractivity contribution in [1.82, 2.24) is 0 Å². The molecule has 172 valence electrons. The summed E-state index contributed by atoms with van der Waals surface area (Å²) >= 11 is 0. The molecule has 1 aromatic rings. The van der Waals surface area contributed by atoms with Gasteiger partial charge in [-0.05, 0) is 29.2 Å². The summed E-state index contributed by atoms with van der Waals surface area (Å²) in [5, 5.41) is 0. The third kappa shape index (κ3) is 5.99. The zero-order valence-electron chi connectivity index (χ0n) is 19.6. The van der Waals surface area contributed by atoms with E-state index in [2.05, 4.69) is 0 Å². The van der Waals surface area contributed by atoms with Gasteiger partial charge in [0, 0.05) is 6.42 Å². The van der Waals surface area contributed by atoms with Crippen LogP contribution in [0.4, 0.5) is 0 Å². The van der Waals surface area contributed by atoms with E-state index in [1.165, 1.54) is 0 Å². The van der Waals surface area contributed by atoms with Gasteiger partial charge in [0.05, 0.1) is 17.7 Å². The zero-order chi connectivity index (χ0) is 24.1. The van der Waals surface area contributed by atoms with Crippen molar-refractivity contribution in [3.8, 4) is 0 Å². The Balaban J connectivity index is 2.57. The molecule has 0 bridgehead atoms. The second-order valence-electron chi connectivity index (χ2n) is 8.12. The minimum Gasteiger partial charge on any atom is -0.461 e. The summed E-state index contributed by atoms with van der Waals surface area (Å²) in [6, 6.07) is 0. The Bertz CT molecular complexity index is 976. The lowest BCUT2D eigenvalue weighted by Gasteiger charge is -2.37. The molecular formula is C19H30B4O8S. The van der Waals surface area contributed by atoms with E-state index >= 15 is 0 Å². The smallest absolute Gasteiger partial charge is 0.339 e. The molecule has 8 nitrogen and oxygen atoms in total. The number of hydrogen-bond acceptors (Lipinski definition) is 7. The first kappa shape index (κ1) is 26.5. The highest BCUT2D eigenvalue weighted by molar-refractivity contribution is 7.85. The maximum Gasteiger partial charge on any atom is 0.339 e. The summed E-state index contributed by atoms with van der Waals surface area (Å²) in [5.74, 6) is -2.13. The number of benzene rings is 1. The van der Waals surface area contributed by atoms with Gasteiger partial charge in [0.1, 0.15) is 56.0 Å². The number of hydrogen-bond donors (Lipinski definition) is 1. The largest absolute Gasteiger partial charge is 0.461 e. The van der Waals surface area contributed by atoms with Gasteiger partial charge in [-0.2, -0.15) is 8.42 Å². The van der Waals surface area contributed by atoms with Crippen LogP contribution in [0.15, 0.2) is 0 Å². The molecule has 0 amide bonds. The first-order valence-electron chi connectivity index (χ1n) is 11.1. The molecular weight excluding hydrogens is 432 g/mol. The summed E-state index contributed by atoms with van der Waals surface area (Å²) in [5.41, 5.74) is 3.25. The molecule has 0 spiro atoms. The third-order valence-electron chi connectivity index (χ3n) is 5.93. The zero-order valence-corrected chi connectivity index (χ0v) is 20.4. The number of carbonyl (C=O) groups excluding carboxylic acids is 2.